The Morgan fingerprint density at radius 2 is 1.86 bits per heavy atom. The van der Waals surface area contributed by atoms with E-state index in [1.54, 1.807) is 9.47 Å². The fourth-order valence-corrected chi connectivity index (χ4v) is 6.41. The molecule has 2 saturated heterocycles. The van der Waals surface area contributed by atoms with Gasteiger partial charge in [0.2, 0.25) is 0 Å². The van der Waals surface area contributed by atoms with E-state index in [0.29, 0.717) is 33.8 Å². The summed E-state index contributed by atoms with van der Waals surface area (Å²) in [7, 11) is 0. The van der Waals surface area contributed by atoms with Crippen LogP contribution >= 0.6 is 24.0 Å². The van der Waals surface area contributed by atoms with Gasteiger partial charge in [-0.2, -0.15) is 5.26 Å². The Balaban J connectivity index is 1.71. The van der Waals surface area contributed by atoms with E-state index in [1.807, 2.05) is 32.9 Å². The minimum Gasteiger partial charge on any atom is -0.357 e. The lowest BCUT2D eigenvalue weighted by molar-refractivity contribution is -0.122. The molecule has 0 aliphatic carbocycles. The van der Waals surface area contributed by atoms with Gasteiger partial charge in [-0.15, -0.1) is 0 Å². The molecule has 0 bridgehead atoms. The van der Waals surface area contributed by atoms with Crippen molar-refractivity contribution in [2.75, 3.05) is 24.5 Å². The van der Waals surface area contributed by atoms with Crippen LogP contribution in [0, 0.1) is 24.2 Å². The number of anilines is 1. The van der Waals surface area contributed by atoms with Crippen LogP contribution < -0.4 is 10.5 Å². The van der Waals surface area contributed by atoms with Crippen molar-refractivity contribution < 1.29 is 4.79 Å². The van der Waals surface area contributed by atoms with Crippen molar-refractivity contribution in [2.45, 2.75) is 53.0 Å². The number of benzene rings is 1. The minimum atomic E-state index is -0.269. The van der Waals surface area contributed by atoms with Gasteiger partial charge in [-0.3, -0.25) is 19.1 Å². The maximum atomic E-state index is 13.3. The summed E-state index contributed by atoms with van der Waals surface area (Å²) in [5.74, 6) is 1.28. The topological polar surface area (TPSA) is 69.3 Å². The molecule has 0 spiro atoms. The molecule has 0 saturated carbocycles. The van der Waals surface area contributed by atoms with E-state index < -0.39 is 0 Å². The predicted octanol–water partition coefficient (Wildman–Crippen LogP) is 5.12. The molecule has 36 heavy (non-hydrogen) atoms. The summed E-state index contributed by atoms with van der Waals surface area (Å²) >= 11 is 6.75. The number of amides is 1. The second-order valence-electron chi connectivity index (χ2n) is 9.35. The van der Waals surface area contributed by atoms with E-state index in [2.05, 4.69) is 35.2 Å². The molecular formula is C28H32N4O2S2. The average Bonchev–Trinajstić information content (AvgIpc) is 3.14. The highest BCUT2D eigenvalue weighted by Crippen LogP contribution is 2.37. The second-order valence-corrected chi connectivity index (χ2v) is 11.0. The Labute approximate surface area is 222 Å². The molecule has 1 amide bonds. The van der Waals surface area contributed by atoms with Crippen LogP contribution in [0.25, 0.3) is 6.08 Å². The molecule has 2 aliphatic rings. The monoisotopic (exact) mass is 520 g/mol. The molecule has 2 aromatic rings. The number of thioether (sulfide) groups is 1. The largest absolute Gasteiger partial charge is 0.357 e. The number of carbonyl (C=O) groups excluding carboxylic acids is 1. The number of hydrogen-bond acceptors (Lipinski definition) is 6. The van der Waals surface area contributed by atoms with Gasteiger partial charge in [0.25, 0.3) is 11.5 Å². The van der Waals surface area contributed by atoms with E-state index in [4.69, 9.17) is 12.2 Å². The first-order valence-electron chi connectivity index (χ1n) is 12.6. The van der Waals surface area contributed by atoms with Crippen LogP contribution in [-0.4, -0.2) is 39.3 Å². The molecule has 1 aromatic heterocycles. The highest BCUT2D eigenvalue weighted by molar-refractivity contribution is 8.26. The average molecular weight is 521 g/mol. The third-order valence-electron chi connectivity index (χ3n) is 7.04. The van der Waals surface area contributed by atoms with Crippen LogP contribution in [0.2, 0.25) is 0 Å². The lowest BCUT2D eigenvalue weighted by atomic mass is 9.90. The summed E-state index contributed by atoms with van der Waals surface area (Å²) in [4.78, 5) is 30.8. The van der Waals surface area contributed by atoms with Crippen LogP contribution in [0.4, 0.5) is 5.82 Å². The number of nitrogens with zero attached hydrogens (tertiary/aromatic N) is 4. The molecule has 2 aliphatic heterocycles. The number of carbonyl (C=O) groups is 1. The second kappa shape index (κ2) is 11.4. The van der Waals surface area contributed by atoms with E-state index in [0.717, 1.165) is 50.2 Å². The third-order valence-corrected chi connectivity index (χ3v) is 8.42. The van der Waals surface area contributed by atoms with Crippen LogP contribution in [0.3, 0.4) is 0 Å². The minimum absolute atomic E-state index is 0.105. The van der Waals surface area contributed by atoms with E-state index in [-0.39, 0.29) is 17.0 Å². The van der Waals surface area contributed by atoms with Gasteiger partial charge in [-0.05, 0) is 62.7 Å². The zero-order chi connectivity index (χ0) is 25.8. The molecule has 188 valence electrons. The molecule has 0 atom stereocenters. The number of rotatable bonds is 7. The maximum absolute atomic E-state index is 13.3. The molecular weight excluding hydrogens is 488 g/mol. The van der Waals surface area contributed by atoms with E-state index in [9.17, 15) is 14.9 Å². The smallest absolute Gasteiger partial charge is 0.270 e. The maximum Gasteiger partial charge on any atom is 0.270 e. The van der Waals surface area contributed by atoms with Crippen molar-refractivity contribution in [1.29, 1.82) is 5.26 Å². The Morgan fingerprint density at radius 3 is 2.47 bits per heavy atom. The molecule has 0 N–H and O–H groups in total. The molecule has 8 heteroatoms. The number of thiocarbonyl (C=S) groups is 1. The van der Waals surface area contributed by atoms with Crippen molar-refractivity contribution in [3.8, 4) is 6.07 Å². The van der Waals surface area contributed by atoms with Crippen molar-refractivity contribution in [3.05, 3.63) is 67.8 Å². The summed E-state index contributed by atoms with van der Waals surface area (Å²) in [6.07, 6.45) is 5.76. The van der Waals surface area contributed by atoms with Gasteiger partial charge >= 0.3 is 0 Å². The summed E-state index contributed by atoms with van der Waals surface area (Å²) in [5.41, 5.74) is 2.61. The van der Waals surface area contributed by atoms with Crippen molar-refractivity contribution in [2.24, 2.45) is 5.92 Å². The van der Waals surface area contributed by atoms with Gasteiger partial charge in [0.05, 0.1) is 4.91 Å². The van der Waals surface area contributed by atoms with E-state index in [1.165, 1.54) is 17.3 Å². The van der Waals surface area contributed by atoms with E-state index >= 15 is 0 Å². The molecule has 6 nitrogen and oxygen atoms in total. The molecule has 4 rings (SSSR count). The Bertz CT molecular complexity index is 1290. The van der Waals surface area contributed by atoms with Gasteiger partial charge in [0.1, 0.15) is 21.8 Å². The van der Waals surface area contributed by atoms with Gasteiger partial charge in [-0.1, -0.05) is 61.2 Å². The molecule has 3 heterocycles. The van der Waals surface area contributed by atoms with Gasteiger partial charge in [0.15, 0.2) is 0 Å². The number of aromatic nitrogens is 1. The molecule has 2 fully saturated rings. The van der Waals surface area contributed by atoms with Crippen LogP contribution in [0.5, 0.6) is 0 Å². The Hall–Kier alpha value is -2.89. The fourth-order valence-electron chi connectivity index (χ4n) is 5.12. The summed E-state index contributed by atoms with van der Waals surface area (Å²) in [6.45, 7) is 8.42. The summed E-state index contributed by atoms with van der Waals surface area (Å²) in [5, 5.41) is 9.79. The normalized spacial score (nSPS) is 17.8. The van der Waals surface area contributed by atoms with Gasteiger partial charge in [-0.25, -0.2) is 0 Å². The highest BCUT2D eigenvalue weighted by Gasteiger charge is 2.33. The number of piperidine rings is 1. The Morgan fingerprint density at radius 1 is 1.17 bits per heavy atom. The fraction of sp³-hybridized carbons (Fsp3) is 0.429. The quantitative estimate of drug-likeness (QED) is 0.373. The summed E-state index contributed by atoms with van der Waals surface area (Å²) < 4.78 is 2.25. The first kappa shape index (κ1) is 26.2. The van der Waals surface area contributed by atoms with Crippen molar-refractivity contribution >= 4 is 46.1 Å². The van der Waals surface area contributed by atoms with Gasteiger partial charge in [0, 0.05) is 31.7 Å². The standard InChI is InChI=1S/C28H32N4O2S2/c1-4-13-32-27(34)24(36-28(32)35)17-22-19(3)23(18-29)26(33)31(5-2)25(22)30-14-11-21(12-15-30)16-20-9-7-6-8-10-20/h6-10,17,21H,4-5,11-16H2,1-3H3/b24-17-. The third kappa shape index (κ3) is 5.14. The van der Waals surface area contributed by atoms with Crippen LogP contribution in [0.1, 0.15) is 55.4 Å². The Kier molecular flexibility index (Phi) is 8.32. The number of hydrogen-bond donors (Lipinski definition) is 0. The first-order valence-corrected chi connectivity index (χ1v) is 13.8. The first-order chi connectivity index (χ1) is 17.4. The van der Waals surface area contributed by atoms with Gasteiger partial charge < -0.3 is 4.90 Å². The zero-order valence-electron chi connectivity index (χ0n) is 21.1. The number of pyridine rings is 1. The van der Waals surface area contributed by atoms with Crippen molar-refractivity contribution in [1.82, 2.24) is 9.47 Å². The van der Waals surface area contributed by atoms with Crippen LogP contribution in [0.15, 0.2) is 40.0 Å². The lowest BCUT2D eigenvalue weighted by Crippen LogP contribution is -2.39. The zero-order valence-corrected chi connectivity index (χ0v) is 22.8. The summed E-state index contributed by atoms with van der Waals surface area (Å²) in [6, 6.07) is 12.7. The van der Waals surface area contributed by atoms with Crippen LogP contribution in [-0.2, 0) is 17.8 Å². The molecule has 1 aromatic carbocycles. The lowest BCUT2D eigenvalue weighted by Gasteiger charge is -2.36. The SMILES string of the molecule is CCCN1C(=O)/C(=C/c2c(C)c(C#N)c(=O)n(CC)c2N2CCC(Cc3ccccc3)CC2)SC1=S. The highest BCUT2D eigenvalue weighted by atomic mass is 32.2. The molecule has 0 radical (unpaired) electrons. The van der Waals surface area contributed by atoms with Crippen molar-refractivity contribution in [3.63, 3.8) is 0 Å². The number of nitriles is 1. The predicted molar refractivity (Wildman–Crippen MR) is 151 cm³/mol. The molecule has 0 unspecified atom stereocenters.